The van der Waals surface area contributed by atoms with Crippen molar-refractivity contribution in [3.8, 4) is 0 Å². The molecule has 0 aromatic heterocycles. The van der Waals surface area contributed by atoms with Crippen LogP contribution < -0.4 is 5.32 Å². The molecule has 2 N–H and O–H groups in total. The van der Waals surface area contributed by atoms with Crippen LogP contribution >= 0.6 is 0 Å². The number of hydrogen-bond donors (Lipinski definition) is 2. The number of hydrogen-bond acceptors (Lipinski definition) is 5. The van der Waals surface area contributed by atoms with E-state index in [-0.39, 0.29) is 18.9 Å². The van der Waals surface area contributed by atoms with Crippen molar-refractivity contribution in [1.29, 1.82) is 0 Å². The van der Waals surface area contributed by atoms with Gasteiger partial charge in [0.25, 0.3) is 0 Å². The van der Waals surface area contributed by atoms with E-state index in [4.69, 9.17) is 14.2 Å². The summed E-state index contributed by atoms with van der Waals surface area (Å²) in [5.74, 6) is 0. The number of ether oxygens (including phenoxy) is 3. The van der Waals surface area contributed by atoms with Gasteiger partial charge < -0.3 is 24.6 Å². The lowest BCUT2D eigenvalue weighted by molar-refractivity contribution is -0.163. The number of aliphatic hydroxyl groups is 1. The maximum absolute atomic E-state index is 11.6. The molecule has 0 aromatic carbocycles. The number of amides is 1. The molecule has 1 aliphatic heterocycles. The van der Waals surface area contributed by atoms with Gasteiger partial charge in [-0.25, -0.2) is 4.79 Å². The second kappa shape index (κ2) is 8.44. The molecule has 2 atom stereocenters. The Balaban J connectivity index is 2.19. The zero-order valence-electron chi connectivity index (χ0n) is 12.7. The molecule has 0 aromatic rings. The molecule has 20 heavy (non-hydrogen) atoms. The molecule has 6 nitrogen and oxygen atoms in total. The van der Waals surface area contributed by atoms with E-state index in [1.807, 2.05) is 0 Å². The second-order valence-corrected chi connectivity index (χ2v) is 5.98. The van der Waals surface area contributed by atoms with Gasteiger partial charge in [-0.05, 0) is 46.5 Å². The van der Waals surface area contributed by atoms with Crippen molar-refractivity contribution in [1.82, 2.24) is 5.32 Å². The topological polar surface area (TPSA) is 77.0 Å². The van der Waals surface area contributed by atoms with E-state index >= 15 is 0 Å². The molecule has 0 aliphatic carbocycles. The monoisotopic (exact) mass is 289 g/mol. The number of alkyl carbamates (subject to hydrolysis) is 1. The van der Waals surface area contributed by atoms with Crippen molar-refractivity contribution in [2.75, 3.05) is 19.8 Å². The van der Waals surface area contributed by atoms with Crippen molar-refractivity contribution < 1.29 is 24.1 Å². The van der Waals surface area contributed by atoms with Crippen molar-refractivity contribution >= 4 is 6.09 Å². The zero-order chi connectivity index (χ0) is 15.0. The second-order valence-electron chi connectivity index (χ2n) is 5.98. The quantitative estimate of drug-likeness (QED) is 0.779. The van der Waals surface area contributed by atoms with Gasteiger partial charge in [-0.1, -0.05) is 0 Å². The van der Waals surface area contributed by atoms with Gasteiger partial charge in [0.2, 0.25) is 0 Å². The Bertz CT molecular complexity index is 284. The Morgan fingerprint density at radius 1 is 1.45 bits per heavy atom. The van der Waals surface area contributed by atoms with Gasteiger partial charge >= 0.3 is 6.09 Å². The molecule has 1 rings (SSSR count). The first-order valence-electron chi connectivity index (χ1n) is 7.24. The lowest BCUT2D eigenvalue weighted by atomic mass is 10.2. The highest BCUT2D eigenvalue weighted by molar-refractivity contribution is 5.68. The van der Waals surface area contributed by atoms with Crippen LogP contribution in [0.25, 0.3) is 0 Å². The maximum atomic E-state index is 11.6. The Morgan fingerprint density at radius 2 is 2.20 bits per heavy atom. The molecule has 118 valence electrons. The highest BCUT2D eigenvalue weighted by atomic mass is 16.7. The van der Waals surface area contributed by atoms with Gasteiger partial charge in [-0.2, -0.15) is 0 Å². The van der Waals surface area contributed by atoms with Gasteiger partial charge in [-0.15, -0.1) is 0 Å². The molecule has 0 bridgehead atoms. The number of nitrogens with one attached hydrogen (secondary N) is 1. The van der Waals surface area contributed by atoms with Crippen LogP contribution in [0.2, 0.25) is 0 Å². The van der Waals surface area contributed by atoms with Gasteiger partial charge in [0.1, 0.15) is 5.60 Å². The summed E-state index contributed by atoms with van der Waals surface area (Å²) in [6.45, 7) is 6.42. The summed E-state index contributed by atoms with van der Waals surface area (Å²) < 4.78 is 16.2. The van der Waals surface area contributed by atoms with Gasteiger partial charge in [0, 0.05) is 6.61 Å². The molecular formula is C14H27NO5. The van der Waals surface area contributed by atoms with Crippen molar-refractivity contribution in [3.63, 3.8) is 0 Å². The average Bonchev–Trinajstić information content (AvgIpc) is 2.36. The first-order chi connectivity index (χ1) is 9.40. The maximum Gasteiger partial charge on any atom is 0.407 e. The van der Waals surface area contributed by atoms with Crippen LogP contribution in [0.15, 0.2) is 0 Å². The molecule has 1 heterocycles. The summed E-state index contributed by atoms with van der Waals surface area (Å²) in [5, 5.41) is 11.9. The molecule has 0 radical (unpaired) electrons. The third-order valence-electron chi connectivity index (χ3n) is 2.85. The van der Waals surface area contributed by atoms with Crippen LogP contribution in [-0.4, -0.2) is 49.0 Å². The molecular weight excluding hydrogens is 262 g/mol. The first-order valence-corrected chi connectivity index (χ1v) is 7.24. The summed E-state index contributed by atoms with van der Waals surface area (Å²) >= 11 is 0. The Labute approximate surface area is 120 Å². The fraction of sp³-hybridized carbons (Fsp3) is 0.929. The molecule has 1 saturated heterocycles. The Kier molecular flexibility index (Phi) is 7.26. The number of rotatable bonds is 6. The average molecular weight is 289 g/mol. The van der Waals surface area contributed by atoms with Crippen molar-refractivity contribution in [3.05, 3.63) is 0 Å². The highest BCUT2D eigenvalue weighted by Gasteiger charge is 2.20. The standard InChI is InChI=1S/C14H27NO5/c1-14(2,3)20-13(17)15-11(10-16)7-9-19-12-6-4-5-8-18-12/h11-12,16H,4-10H2,1-3H3,(H,15,17)/t11-,12?/m0/s1. The molecule has 1 fully saturated rings. The van der Waals surface area contributed by atoms with Crippen molar-refractivity contribution in [2.24, 2.45) is 0 Å². The fourth-order valence-electron chi connectivity index (χ4n) is 1.87. The highest BCUT2D eigenvalue weighted by Crippen LogP contribution is 2.14. The normalized spacial score (nSPS) is 21.3. The van der Waals surface area contributed by atoms with Gasteiger partial charge in [0.05, 0.1) is 19.3 Å². The molecule has 0 spiro atoms. The predicted octanol–water partition coefficient (Wildman–Crippen LogP) is 1.81. The zero-order valence-corrected chi connectivity index (χ0v) is 12.7. The summed E-state index contributed by atoms with van der Waals surface area (Å²) in [6.07, 6.45) is 2.96. The van der Waals surface area contributed by atoms with Gasteiger partial charge in [0.15, 0.2) is 6.29 Å². The summed E-state index contributed by atoms with van der Waals surface area (Å²) in [5.41, 5.74) is -0.545. The molecule has 6 heteroatoms. The Hall–Kier alpha value is -0.850. The molecule has 1 aliphatic rings. The lowest BCUT2D eigenvalue weighted by Crippen LogP contribution is -2.41. The number of aliphatic hydroxyl groups excluding tert-OH is 1. The predicted molar refractivity (Wildman–Crippen MR) is 74.4 cm³/mol. The summed E-state index contributed by atoms with van der Waals surface area (Å²) in [7, 11) is 0. The minimum Gasteiger partial charge on any atom is -0.444 e. The fourth-order valence-corrected chi connectivity index (χ4v) is 1.87. The van der Waals surface area contributed by atoms with Crippen LogP contribution in [0.3, 0.4) is 0 Å². The number of carbonyl (C=O) groups excluding carboxylic acids is 1. The summed E-state index contributed by atoms with van der Waals surface area (Å²) in [4.78, 5) is 11.6. The largest absolute Gasteiger partial charge is 0.444 e. The summed E-state index contributed by atoms with van der Waals surface area (Å²) in [6, 6.07) is -0.367. The van der Waals surface area contributed by atoms with E-state index in [9.17, 15) is 9.90 Å². The SMILES string of the molecule is CC(C)(C)OC(=O)N[C@H](CO)CCOC1CCCCO1. The van der Waals surface area contributed by atoms with E-state index in [2.05, 4.69) is 5.32 Å². The van der Waals surface area contributed by atoms with Crippen LogP contribution in [0.1, 0.15) is 46.5 Å². The van der Waals surface area contributed by atoms with Gasteiger partial charge in [-0.3, -0.25) is 0 Å². The minimum absolute atomic E-state index is 0.145. The van der Waals surface area contributed by atoms with E-state index in [1.165, 1.54) is 0 Å². The third-order valence-corrected chi connectivity index (χ3v) is 2.85. The van der Waals surface area contributed by atoms with Crippen molar-refractivity contribution in [2.45, 2.75) is 64.4 Å². The van der Waals surface area contributed by atoms with E-state index < -0.39 is 11.7 Å². The first kappa shape index (κ1) is 17.2. The number of carbonyl (C=O) groups is 1. The van der Waals surface area contributed by atoms with Crippen LogP contribution in [0, 0.1) is 0 Å². The van der Waals surface area contributed by atoms with E-state index in [0.717, 1.165) is 25.9 Å². The van der Waals surface area contributed by atoms with Crippen LogP contribution in [0.4, 0.5) is 4.79 Å². The van der Waals surface area contributed by atoms with E-state index in [1.54, 1.807) is 20.8 Å². The van der Waals surface area contributed by atoms with Crippen LogP contribution in [0.5, 0.6) is 0 Å². The Morgan fingerprint density at radius 3 is 2.75 bits per heavy atom. The van der Waals surface area contributed by atoms with Crippen LogP contribution in [-0.2, 0) is 14.2 Å². The third kappa shape index (κ3) is 7.67. The minimum atomic E-state index is -0.545. The molecule has 0 saturated carbocycles. The molecule has 1 unspecified atom stereocenters. The van der Waals surface area contributed by atoms with E-state index in [0.29, 0.717) is 13.0 Å². The molecule has 1 amide bonds. The lowest BCUT2D eigenvalue weighted by Gasteiger charge is -2.25. The smallest absolute Gasteiger partial charge is 0.407 e.